The highest BCUT2D eigenvalue weighted by Crippen LogP contribution is 2.23. The molecule has 6 nitrogen and oxygen atoms in total. The number of H-pyrrole nitrogens is 1. The Morgan fingerprint density at radius 1 is 1.52 bits per heavy atom. The van der Waals surface area contributed by atoms with E-state index >= 15 is 0 Å². The van der Waals surface area contributed by atoms with Crippen LogP contribution in [0.3, 0.4) is 0 Å². The van der Waals surface area contributed by atoms with Gasteiger partial charge in [0.15, 0.2) is 0 Å². The fourth-order valence-electron chi connectivity index (χ4n) is 2.50. The maximum Gasteiger partial charge on any atom is 0.264 e. The van der Waals surface area contributed by atoms with E-state index in [1.807, 2.05) is 18.4 Å². The standard InChI is InChI=1S/C14H16N4O2S/c1-9-8-15-17-12(9)16-13(19)10-4-2-6-18(10)14(20)11-5-3-7-21-11/h3,5,7-8,10H,2,4,6H2,1H3,(H2,15,16,17,19)/t10-/m0/s1. The van der Waals surface area contributed by atoms with Gasteiger partial charge in [-0.25, -0.2) is 0 Å². The molecule has 0 unspecified atom stereocenters. The van der Waals surface area contributed by atoms with Crippen molar-refractivity contribution in [2.75, 3.05) is 11.9 Å². The number of thiophene rings is 1. The molecule has 0 aliphatic carbocycles. The van der Waals surface area contributed by atoms with Crippen molar-refractivity contribution >= 4 is 29.0 Å². The summed E-state index contributed by atoms with van der Waals surface area (Å²) in [6.07, 6.45) is 3.19. The maximum absolute atomic E-state index is 12.4. The van der Waals surface area contributed by atoms with Crippen LogP contribution in [0.1, 0.15) is 28.1 Å². The maximum atomic E-state index is 12.4. The number of nitrogens with one attached hydrogen (secondary N) is 2. The van der Waals surface area contributed by atoms with Gasteiger partial charge >= 0.3 is 0 Å². The zero-order valence-electron chi connectivity index (χ0n) is 11.6. The van der Waals surface area contributed by atoms with Crippen molar-refractivity contribution in [2.24, 2.45) is 0 Å². The number of aromatic nitrogens is 2. The molecule has 0 bridgehead atoms. The average Bonchev–Trinajstić information content (AvgIpc) is 3.19. The molecule has 3 heterocycles. The summed E-state index contributed by atoms with van der Waals surface area (Å²) in [6, 6.07) is 3.22. The van der Waals surface area contributed by atoms with Crippen molar-refractivity contribution in [3.63, 3.8) is 0 Å². The van der Waals surface area contributed by atoms with Gasteiger partial charge in [-0.15, -0.1) is 11.3 Å². The van der Waals surface area contributed by atoms with E-state index in [2.05, 4.69) is 15.5 Å². The van der Waals surface area contributed by atoms with Crippen molar-refractivity contribution in [3.8, 4) is 0 Å². The summed E-state index contributed by atoms with van der Waals surface area (Å²) in [5, 5.41) is 11.3. The summed E-state index contributed by atoms with van der Waals surface area (Å²) in [5.74, 6) is 0.365. The third-order valence-corrected chi connectivity index (χ3v) is 4.48. The predicted octanol–water partition coefficient (Wildman–Crippen LogP) is 2.02. The van der Waals surface area contributed by atoms with E-state index in [-0.39, 0.29) is 11.8 Å². The minimum atomic E-state index is -0.415. The van der Waals surface area contributed by atoms with Crippen molar-refractivity contribution in [1.82, 2.24) is 15.1 Å². The number of likely N-dealkylation sites (tertiary alicyclic amines) is 1. The zero-order chi connectivity index (χ0) is 14.8. The molecule has 1 atom stereocenters. The highest BCUT2D eigenvalue weighted by Gasteiger charge is 2.35. The first-order valence-corrected chi connectivity index (χ1v) is 7.70. The van der Waals surface area contributed by atoms with E-state index in [1.54, 1.807) is 17.2 Å². The summed E-state index contributed by atoms with van der Waals surface area (Å²) in [6.45, 7) is 2.49. The second kappa shape index (κ2) is 5.69. The van der Waals surface area contributed by atoms with E-state index in [4.69, 9.17) is 0 Å². The van der Waals surface area contributed by atoms with Crippen LogP contribution in [0.25, 0.3) is 0 Å². The fraction of sp³-hybridized carbons (Fsp3) is 0.357. The van der Waals surface area contributed by atoms with E-state index < -0.39 is 6.04 Å². The van der Waals surface area contributed by atoms with Crippen LogP contribution in [0.15, 0.2) is 23.7 Å². The number of nitrogens with zero attached hydrogens (tertiary/aromatic N) is 2. The summed E-state index contributed by atoms with van der Waals surface area (Å²) in [5.41, 5.74) is 0.873. The van der Waals surface area contributed by atoms with Crippen molar-refractivity contribution < 1.29 is 9.59 Å². The second-order valence-electron chi connectivity index (χ2n) is 5.05. The summed E-state index contributed by atoms with van der Waals surface area (Å²) in [7, 11) is 0. The number of amides is 2. The molecule has 3 rings (SSSR count). The van der Waals surface area contributed by atoms with Gasteiger partial charge in [-0.05, 0) is 31.2 Å². The van der Waals surface area contributed by atoms with Gasteiger partial charge in [-0.2, -0.15) is 5.10 Å². The smallest absolute Gasteiger partial charge is 0.264 e. The second-order valence-corrected chi connectivity index (χ2v) is 6.00. The van der Waals surface area contributed by atoms with E-state index in [0.29, 0.717) is 23.7 Å². The molecule has 2 aromatic heterocycles. The van der Waals surface area contributed by atoms with E-state index in [9.17, 15) is 9.59 Å². The van der Waals surface area contributed by atoms with Gasteiger partial charge in [0.1, 0.15) is 11.9 Å². The Balaban J connectivity index is 1.73. The monoisotopic (exact) mass is 304 g/mol. The Labute approximate surface area is 126 Å². The number of rotatable bonds is 3. The predicted molar refractivity (Wildman–Crippen MR) is 80.3 cm³/mol. The molecule has 1 aliphatic rings. The van der Waals surface area contributed by atoms with Gasteiger partial charge in [0.2, 0.25) is 5.91 Å². The Bertz CT molecular complexity index is 650. The van der Waals surface area contributed by atoms with Gasteiger partial charge in [-0.3, -0.25) is 14.7 Å². The molecule has 0 saturated carbocycles. The van der Waals surface area contributed by atoms with E-state index in [1.165, 1.54) is 11.3 Å². The number of anilines is 1. The van der Waals surface area contributed by atoms with Crippen LogP contribution < -0.4 is 5.32 Å². The van der Waals surface area contributed by atoms with Crippen LogP contribution >= 0.6 is 11.3 Å². The molecular formula is C14H16N4O2S. The van der Waals surface area contributed by atoms with Crippen LogP contribution in [0.4, 0.5) is 5.82 Å². The summed E-state index contributed by atoms with van der Waals surface area (Å²) in [4.78, 5) is 27.2. The number of aryl methyl sites for hydroxylation is 1. The minimum absolute atomic E-state index is 0.0658. The van der Waals surface area contributed by atoms with Gasteiger partial charge in [0.05, 0.1) is 11.1 Å². The lowest BCUT2D eigenvalue weighted by Crippen LogP contribution is -2.43. The summed E-state index contributed by atoms with van der Waals surface area (Å²) >= 11 is 1.40. The molecule has 1 saturated heterocycles. The molecule has 0 spiro atoms. The Morgan fingerprint density at radius 3 is 3.05 bits per heavy atom. The lowest BCUT2D eigenvalue weighted by Gasteiger charge is -2.23. The highest BCUT2D eigenvalue weighted by molar-refractivity contribution is 7.12. The molecule has 110 valence electrons. The Hall–Kier alpha value is -2.15. The SMILES string of the molecule is Cc1cn[nH]c1NC(=O)[C@@H]1CCCN1C(=O)c1cccs1. The molecule has 2 amide bonds. The molecule has 1 aliphatic heterocycles. The normalized spacial score (nSPS) is 18.0. The van der Waals surface area contributed by atoms with Crippen LogP contribution in [0.5, 0.6) is 0 Å². The number of carbonyl (C=O) groups excluding carboxylic acids is 2. The molecule has 0 aromatic carbocycles. The zero-order valence-corrected chi connectivity index (χ0v) is 12.4. The van der Waals surface area contributed by atoms with Crippen LogP contribution in [0, 0.1) is 6.92 Å². The molecule has 0 radical (unpaired) electrons. The van der Waals surface area contributed by atoms with E-state index in [0.717, 1.165) is 12.0 Å². The van der Waals surface area contributed by atoms with Crippen molar-refractivity contribution in [3.05, 3.63) is 34.2 Å². The van der Waals surface area contributed by atoms with Crippen LogP contribution in [0.2, 0.25) is 0 Å². The van der Waals surface area contributed by atoms with Gasteiger partial charge in [0, 0.05) is 12.1 Å². The molecule has 2 N–H and O–H groups in total. The van der Waals surface area contributed by atoms with Crippen molar-refractivity contribution in [2.45, 2.75) is 25.8 Å². The largest absolute Gasteiger partial charge is 0.326 e. The third-order valence-electron chi connectivity index (χ3n) is 3.63. The van der Waals surface area contributed by atoms with Gasteiger partial charge in [0.25, 0.3) is 5.91 Å². The molecular weight excluding hydrogens is 288 g/mol. The lowest BCUT2D eigenvalue weighted by molar-refractivity contribution is -0.119. The quantitative estimate of drug-likeness (QED) is 0.910. The number of aromatic amines is 1. The summed E-state index contributed by atoms with van der Waals surface area (Å²) < 4.78 is 0. The number of carbonyl (C=O) groups is 2. The highest BCUT2D eigenvalue weighted by atomic mass is 32.1. The van der Waals surface area contributed by atoms with Crippen LogP contribution in [-0.4, -0.2) is 39.5 Å². The molecule has 21 heavy (non-hydrogen) atoms. The third kappa shape index (κ3) is 2.69. The molecule has 2 aromatic rings. The number of hydrogen-bond acceptors (Lipinski definition) is 4. The molecule has 1 fully saturated rings. The average molecular weight is 304 g/mol. The van der Waals surface area contributed by atoms with Gasteiger partial charge in [-0.1, -0.05) is 6.07 Å². The minimum Gasteiger partial charge on any atom is -0.326 e. The lowest BCUT2D eigenvalue weighted by atomic mass is 10.2. The first kappa shape index (κ1) is 13.8. The fourth-order valence-corrected chi connectivity index (χ4v) is 3.18. The molecule has 7 heteroatoms. The number of hydrogen-bond donors (Lipinski definition) is 2. The first-order chi connectivity index (χ1) is 10.2. The Morgan fingerprint density at radius 2 is 2.38 bits per heavy atom. The van der Waals surface area contributed by atoms with Crippen molar-refractivity contribution in [1.29, 1.82) is 0 Å². The Kier molecular flexibility index (Phi) is 3.74. The van der Waals surface area contributed by atoms with Gasteiger partial charge < -0.3 is 10.2 Å². The van der Waals surface area contributed by atoms with Crippen LogP contribution in [-0.2, 0) is 4.79 Å². The topological polar surface area (TPSA) is 78.1 Å². The first-order valence-electron chi connectivity index (χ1n) is 6.82.